The number of rotatable bonds is 7. The first-order chi connectivity index (χ1) is 14.4. The van der Waals surface area contributed by atoms with Crippen LogP contribution in [0.3, 0.4) is 0 Å². The van der Waals surface area contributed by atoms with Gasteiger partial charge in [-0.15, -0.1) is 0 Å². The molecule has 1 amide bonds. The van der Waals surface area contributed by atoms with Crippen molar-refractivity contribution in [2.75, 3.05) is 6.61 Å². The van der Waals surface area contributed by atoms with Crippen molar-refractivity contribution >= 4 is 46.7 Å². The molecule has 0 fully saturated rings. The zero-order chi connectivity index (χ0) is 21.5. The number of halogens is 3. The van der Waals surface area contributed by atoms with Crippen LogP contribution in [0.1, 0.15) is 26.3 Å². The molecule has 0 unspecified atom stereocenters. The second-order valence-corrected chi connectivity index (χ2v) is 7.85. The highest BCUT2D eigenvalue weighted by molar-refractivity contribution is 6.42. The largest absolute Gasteiger partial charge is 0.460 e. The maximum atomic E-state index is 12.7. The smallest absolute Gasteiger partial charge is 0.338 e. The van der Waals surface area contributed by atoms with E-state index in [9.17, 15) is 9.59 Å². The van der Waals surface area contributed by atoms with Gasteiger partial charge in [-0.3, -0.25) is 4.79 Å². The predicted molar refractivity (Wildman–Crippen MR) is 120 cm³/mol. The average Bonchev–Trinajstić information content (AvgIpc) is 2.74. The van der Waals surface area contributed by atoms with Crippen molar-refractivity contribution < 1.29 is 14.3 Å². The molecule has 154 valence electrons. The SMILES string of the molecule is O=C(N[C@@H](COC(=O)c1cccc(Cl)c1)Cc1ccccc1)c1ccc(Cl)c(Cl)c1. The Morgan fingerprint density at radius 2 is 1.60 bits per heavy atom. The zero-order valence-corrected chi connectivity index (χ0v) is 18.0. The van der Waals surface area contributed by atoms with Crippen LogP contribution >= 0.6 is 34.8 Å². The molecule has 3 aromatic carbocycles. The van der Waals surface area contributed by atoms with Gasteiger partial charge in [-0.25, -0.2) is 4.79 Å². The third-order valence-electron chi connectivity index (χ3n) is 4.32. The van der Waals surface area contributed by atoms with Gasteiger partial charge in [-0.2, -0.15) is 0 Å². The van der Waals surface area contributed by atoms with Gasteiger partial charge in [0.05, 0.1) is 21.7 Å². The minimum Gasteiger partial charge on any atom is -0.460 e. The molecule has 0 aliphatic carbocycles. The van der Waals surface area contributed by atoms with Gasteiger partial charge in [0.15, 0.2) is 0 Å². The van der Waals surface area contributed by atoms with Crippen molar-refractivity contribution in [1.82, 2.24) is 5.32 Å². The second kappa shape index (κ2) is 10.5. The molecule has 3 aromatic rings. The lowest BCUT2D eigenvalue weighted by molar-refractivity contribution is 0.0456. The van der Waals surface area contributed by atoms with E-state index in [1.165, 1.54) is 12.1 Å². The van der Waals surface area contributed by atoms with Gasteiger partial charge in [0.25, 0.3) is 5.91 Å². The van der Waals surface area contributed by atoms with E-state index in [0.717, 1.165) is 5.56 Å². The fraction of sp³-hybridized carbons (Fsp3) is 0.130. The molecule has 0 aliphatic rings. The lowest BCUT2D eigenvalue weighted by atomic mass is 10.1. The first-order valence-electron chi connectivity index (χ1n) is 9.15. The maximum Gasteiger partial charge on any atom is 0.338 e. The summed E-state index contributed by atoms with van der Waals surface area (Å²) in [5, 5.41) is 4.00. The van der Waals surface area contributed by atoms with Gasteiger partial charge in [0, 0.05) is 10.6 Å². The number of carbonyl (C=O) groups excluding carboxylic acids is 2. The molecular formula is C23H18Cl3NO3. The zero-order valence-electron chi connectivity index (χ0n) is 15.8. The first-order valence-corrected chi connectivity index (χ1v) is 10.3. The van der Waals surface area contributed by atoms with E-state index in [0.29, 0.717) is 27.6 Å². The topological polar surface area (TPSA) is 55.4 Å². The summed E-state index contributed by atoms with van der Waals surface area (Å²) >= 11 is 17.9. The lowest BCUT2D eigenvalue weighted by Crippen LogP contribution is -2.40. The van der Waals surface area contributed by atoms with E-state index < -0.39 is 12.0 Å². The summed E-state index contributed by atoms with van der Waals surface area (Å²) in [6.07, 6.45) is 0.483. The van der Waals surface area contributed by atoms with Crippen LogP contribution in [0.5, 0.6) is 0 Å². The highest BCUT2D eigenvalue weighted by Gasteiger charge is 2.18. The molecule has 1 atom stereocenters. The minimum atomic E-state index is -0.514. The number of amides is 1. The molecular weight excluding hydrogens is 445 g/mol. The molecule has 0 aromatic heterocycles. The van der Waals surface area contributed by atoms with Crippen LogP contribution in [0, 0.1) is 0 Å². The summed E-state index contributed by atoms with van der Waals surface area (Å²) in [4.78, 5) is 25.1. The van der Waals surface area contributed by atoms with Crippen LogP contribution in [-0.4, -0.2) is 24.5 Å². The van der Waals surface area contributed by atoms with Crippen LogP contribution in [0.15, 0.2) is 72.8 Å². The van der Waals surface area contributed by atoms with Gasteiger partial charge in [-0.1, -0.05) is 71.2 Å². The Hall–Kier alpha value is -2.53. The second-order valence-electron chi connectivity index (χ2n) is 6.60. The molecule has 1 N–H and O–H groups in total. The van der Waals surface area contributed by atoms with Crippen molar-refractivity contribution in [1.29, 1.82) is 0 Å². The van der Waals surface area contributed by atoms with E-state index in [-0.39, 0.29) is 17.5 Å². The quantitative estimate of drug-likeness (QED) is 0.448. The minimum absolute atomic E-state index is 0.00664. The van der Waals surface area contributed by atoms with Crippen molar-refractivity contribution in [3.05, 3.63) is 105 Å². The fourth-order valence-electron chi connectivity index (χ4n) is 2.83. The molecule has 0 aliphatic heterocycles. The Labute approximate surface area is 189 Å². The summed E-state index contributed by atoms with van der Waals surface area (Å²) in [5.41, 5.74) is 1.70. The average molecular weight is 463 g/mol. The van der Waals surface area contributed by atoms with E-state index in [1.807, 2.05) is 30.3 Å². The Balaban J connectivity index is 1.71. The van der Waals surface area contributed by atoms with Gasteiger partial charge >= 0.3 is 5.97 Å². The van der Waals surface area contributed by atoms with E-state index in [4.69, 9.17) is 39.5 Å². The monoisotopic (exact) mass is 461 g/mol. The third kappa shape index (κ3) is 6.23. The molecule has 0 saturated carbocycles. The summed E-state index contributed by atoms with van der Waals surface area (Å²) in [6, 6.07) is 20.3. The molecule has 30 heavy (non-hydrogen) atoms. The summed E-state index contributed by atoms with van der Waals surface area (Å²) in [7, 11) is 0. The number of nitrogens with one attached hydrogen (secondary N) is 1. The molecule has 4 nitrogen and oxygen atoms in total. The summed E-state index contributed by atoms with van der Waals surface area (Å²) in [5.74, 6) is -0.854. The summed E-state index contributed by atoms with van der Waals surface area (Å²) < 4.78 is 5.44. The lowest BCUT2D eigenvalue weighted by Gasteiger charge is -2.19. The van der Waals surface area contributed by atoms with Crippen LogP contribution in [0.25, 0.3) is 0 Å². The number of benzene rings is 3. The fourth-order valence-corrected chi connectivity index (χ4v) is 3.32. The number of carbonyl (C=O) groups is 2. The molecule has 0 bridgehead atoms. The maximum absolute atomic E-state index is 12.7. The van der Waals surface area contributed by atoms with Crippen LogP contribution in [0.2, 0.25) is 15.1 Å². The van der Waals surface area contributed by atoms with E-state index >= 15 is 0 Å². The number of ether oxygens (including phenoxy) is 1. The highest BCUT2D eigenvalue weighted by Crippen LogP contribution is 2.22. The van der Waals surface area contributed by atoms with E-state index in [1.54, 1.807) is 30.3 Å². The molecule has 0 heterocycles. The molecule has 0 spiro atoms. The Morgan fingerprint density at radius 1 is 0.833 bits per heavy atom. The highest BCUT2D eigenvalue weighted by atomic mass is 35.5. The van der Waals surface area contributed by atoms with Crippen molar-refractivity contribution in [3.8, 4) is 0 Å². The summed E-state index contributed by atoms with van der Waals surface area (Å²) in [6.45, 7) is -0.00664. The van der Waals surface area contributed by atoms with Crippen molar-refractivity contribution in [2.24, 2.45) is 0 Å². The van der Waals surface area contributed by atoms with Crippen LogP contribution in [-0.2, 0) is 11.2 Å². The number of hydrogen-bond donors (Lipinski definition) is 1. The predicted octanol–water partition coefficient (Wildman–Crippen LogP) is 5.84. The normalized spacial score (nSPS) is 11.6. The molecule has 3 rings (SSSR count). The first kappa shape index (κ1) is 22.2. The molecule has 0 radical (unpaired) electrons. The van der Waals surface area contributed by atoms with Crippen LogP contribution < -0.4 is 5.32 Å². The van der Waals surface area contributed by atoms with Crippen molar-refractivity contribution in [2.45, 2.75) is 12.5 Å². The van der Waals surface area contributed by atoms with Crippen LogP contribution in [0.4, 0.5) is 0 Å². The van der Waals surface area contributed by atoms with Gasteiger partial charge in [0.1, 0.15) is 6.61 Å². The van der Waals surface area contributed by atoms with Gasteiger partial charge in [0.2, 0.25) is 0 Å². The Morgan fingerprint density at radius 3 is 2.30 bits per heavy atom. The Bertz CT molecular complexity index is 1040. The molecule has 0 saturated heterocycles. The van der Waals surface area contributed by atoms with Crippen molar-refractivity contribution in [3.63, 3.8) is 0 Å². The van der Waals surface area contributed by atoms with E-state index in [2.05, 4.69) is 5.32 Å². The standard InChI is InChI=1S/C23H18Cl3NO3/c24-18-8-4-7-17(12-18)23(29)30-14-19(11-15-5-2-1-3-6-15)27-22(28)16-9-10-20(25)21(26)13-16/h1-10,12-13,19H,11,14H2,(H,27,28)/t19-/m1/s1. The molecule has 7 heteroatoms. The van der Waals surface area contributed by atoms with Gasteiger partial charge < -0.3 is 10.1 Å². The Kier molecular flexibility index (Phi) is 7.75. The van der Waals surface area contributed by atoms with Gasteiger partial charge in [-0.05, 0) is 48.4 Å². The third-order valence-corrected chi connectivity index (χ3v) is 5.29. The number of esters is 1. The number of hydrogen-bond acceptors (Lipinski definition) is 3.